The van der Waals surface area contributed by atoms with Crippen molar-refractivity contribution in [2.75, 3.05) is 0 Å². The van der Waals surface area contributed by atoms with Crippen molar-refractivity contribution >= 4 is 0 Å². The summed E-state index contributed by atoms with van der Waals surface area (Å²) in [5.74, 6) is 0.532. The minimum Gasteiger partial charge on any atom is -0.508 e. The van der Waals surface area contributed by atoms with E-state index in [0.29, 0.717) is 5.75 Å². The van der Waals surface area contributed by atoms with Gasteiger partial charge in [-0.1, -0.05) is 97.5 Å². The van der Waals surface area contributed by atoms with Crippen molar-refractivity contribution in [1.82, 2.24) is 0 Å². The van der Waals surface area contributed by atoms with Crippen LogP contribution in [0.25, 0.3) is 0 Å². The van der Waals surface area contributed by atoms with Crippen molar-refractivity contribution in [2.45, 2.75) is 124 Å². The van der Waals surface area contributed by atoms with Gasteiger partial charge >= 0.3 is 0 Å². The zero-order valence-corrected chi connectivity index (χ0v) is 17.9. The van der Waals surface area contributed by atoms with Gasteiger partial charge in [0.2, 0.25) is 0 Å². The fraction of sp³-hybridized carbons (Fsp3) is 0.760. The molecule has 26 heavy (non-hydrogen) atoms. The number of benzene rings is 1. The standard InChI is InChI=1S/C25H44O/c1-4-7-9-10-11-12-13-14-15-17-19-24-23(18-16-8-5-2)22(6-3)20-21-25(24)26/h20-21,26H,4-19H2,1-3H3. The molecule has 0 aliphatic heterocycles. The molecule has 1 N–H and O–H groups in total. The molecule has 1 aromatic rings. The van der Waals surface area contributed by atoms with E-state index in [2.05, 4.69) is 26.8 Å². The van der Waals surface area contributed by atoms with Crippen molar-refractivity contribution in [2.24, 2.45) is 0 Å². The maximum absolute atomic E-state index is 10.4. The van der Waals surface area contributed by atoms with Crippen LogP contribution in [0, 0.1) is 0 Å². The predicted octanol–water partition coefficient (Wildman–Crippen LogP) is 8.15. The molecule has 0 saturated carbocycles. The molecular weight excluding hydrogens is 316 g/mol. The highest BCUT2D eigenvalue weighted by atomic mass is 16.3. The van der Waals surface area contributed by atoms with Gasteiger partial charge in [0.15, 0.2) is 0 Å². The Morgan fingerprint density at radius 1 is 0.577 bits per heavy atom. The molecule has 0 bridgehead atoms. The lowest BCUT2D eigenvalue weighted by Gasteiger charge is -2.16. The Hall–Kier alpha value is -0.980. The van der Waals surface area contributed by atoms with Crippen molar-refractivity contribution < 1.29 is 5.11 Å². The summed E-state index contributed by atoms with van der Waals surface area (Å²) in [4.78, 5) is 0. The molecule has 150 valence electrons. The van der Waals surface area contributed by atoms with E-state index >= 15 is 0 Å². The first-order valence-corrected chi connectivity index (χ1v) is 11.6. The van der Waals surface area contributed by atoms with E-state index in [1.165, 1.54) is 100 Å². The molecule has 1 heteroatoms. The van der Waals surface area contributed by atoms with Gasteiger partial charge in [0.05, 0.1) is 0 Å². The fourth-order valence-electron chi connectivity index (χ4n) is 3.99. The summed E-state index contributed by atoms with van der Waals surface area (Å²) in [5, 5.41) is 10.4. The number of hydrogen-bond acceptors (Lipinski definition) is 1. The van der Waals surface area contributed by atoms with E-state index in [-0.39, 0.29) is 0 Å². The molecule has 0 aliphatic carbocycles. The van der Waals surface area contributed by atoms with Crippen LogP contribution in [0.2, 0.25) is 0 Å². The van der Waals surface area contributed by atoms with Crippen LogP contribution in [0.4, 0.5) is 0 Å². The average molecular weight is 361 g/mol. The molecule has 0 saturated heterocycles. The molecule has 0 amide bonds. The van der Waals surface area contributed by atoms with Crippen LogP contribution < -0.4 is 0 Å². The Bertz CT molecular complexity index is 463. The van der Waals surface area contributed by atoms with Crippen molar-refractivity contribution in [3.05, 3.63) is 28.8 Å². The van der Waals surface area contributed by atoms with E-state index in [1.807, 2.05) is 6.07 Å². The smallest absolute Gasteiger partial charge is 0.119 e. The molecule has 1 aromatic carbocycles. The monoisotopic (exact) mass is 360 g/mol. The Morgan fingerprint density at radius 3 is 1.62 bits per heavy atom. The molecule has 0 aliphatic rings. The lowest BCUT2D eigenvalue weighted by atomic mass is 9.91. The quantitative estimate of drug-likeness (QED) is 0.295. The first kappa shape index (κ1) is 23.1. The van der Waals surface area contributed by atoms with Gasteiger partial charge in [0, 0.05) is 0 Å². The number of aromatic hydroxyl groups is 1. The molecule has 0 atom stereocenters. The zero-order chi connectivity index (χ0) is 19.0. The summed E-state index contributed by atoms with van der Waals surface area (Å²) in [6.45, 7) is 6.77. The lowest BCUT2D eigenvalue weighted by molar-refractivity contribution is 0.463. The Labute approximate surface area is 163 Å². The summed E-state index contributed by atoms with van der Waals surface area (Å²) < 4.78 is 0. The number of aryl methyl sites for hydroxylation is 1. The summed E-state index contributed by atoms with van der Waals surface area (Å²) in [7, 11) is 0. The SMILES string of the molecule is CCCCCCCCCCCCc1c(O)ccc(CC)c1CCCCC. The summed E-state index contributed by atoms with van der Waals surface area (Å²) in [6.07, 6.45) is 20.7. The third-order valence-electron chi connectivity index (χ3n) is 5.70. The topological polar surface area (TPSA) is 20.2 Å². The van der Waals surface area contributed by atoms with Gasteiger partial charge in [-0.2, -0.15) is 0 Å². The molecule has 0 fully saturated rings. The highest BCUT2D eigenvalue weighted by Crippen LogP contribution is 2.29. The largest absolute Gasteiger partial charge is 0.508 e. The maximum Gasteiger partial charge on any atom is 0.119 e. The van der Waals surface area contributed by atoms with Crippen LogP contribution in [0.5, 0.6) is 5.75 Å². The van der Waals surface area contributed by atoms with Gasteiger partial charge in [0.25, 0.3) is 0 Å². The molecule has 0 aromatic heterocycles. The number of hydrogen-bond donors (Lipinski definition) is 1. The van der Waals surface area contributed by atoms with Crippen molar-refractivity contribution in [1.29, 1.82) is 0 Å². The van der Waals surface area contributed by atoms with E-state index in [0.717, 1.165) is 19.3 Å². The van der Waals surface area contributed by atoms with Gasteiger partial charge in [-0.3, -0.25) is 0 Å². The van der Waals surface area contributed by atoms with E-state index in [4.69, 9.17) is 0 Å². The Morgan fingerprint density at radius 2 is 1.04 bits per heavy atom. The Kier molecular flexibility index (Phi) is 13.4. The molecule has 0 spiro atoms. The van der Waals surface area contributed by atoms with Gasteiger partial charge < -0.3 is 5.11 Å². The number of unbranched alkanes of at least 4 members (excludes halogenated alkanes) is 11. The molecule has 1 rings (SSSR count). The Balaban J connectivity index is 2.36. The minimum atomic E-state index is 0.532. The average Bonchev–Trinajstić information content (AvgIpc) is 2.65. The molecule has 0 radical (unpaired) electrons. The predicted molar refractivity (Wildman–Crippen MR) is 116 cm³/mol. The van der Waals surface area contributed by atoms with Crippen molar-refractivity contribution in [3.8, 4) is 5.75 Å². The summed E-state index contributed by atoms with van der Waals surface area (Å²) in [6, 6.07) is 4.06. The first-order valence-electron chi connectivity index (χ1n) is 11.6. The van der Waals surface area contributed by atoms with E-state index in [9.17, 15) is 5.11 Å². The number of rotatable bonds is 16. The van der Waals surface area contributed by atoms with Crippen LogP contribution in [-0.4, -0.2) is 5.11 Å². The second-order valence-corrected chi connectivity index (χ2v) is 7.94. The normalized spacial score (nSPS) is 11.2. The maximum atomic E-state index is 10.4. The highest BCUT2D eigenvalue weighted by molar-refractivity contribution is 5.44. The lowest BCUT2D eigenvalue weighted by Crippen LogP contribution is -2.01. The third kappa shape index (κ3) is 9.10. The van der Waals surface area contributed by atoms with Crippen LogP contribution in [0.15, 0.2) is 12.1 Å². The van der Waals surface area contributed by atoms with Gasteiger partial charge in [0.1, 0.15) is 5.75 Å². The van der Waals surface area contributed by atoms with Gasteiger partial charge in [-0.15, -0.1) is 0 Å². The van der Waals surface area contributed by atoms with E-state index < -0.39 is 0 Å². The molecule has 1 nitrogen and oxygen atoms in total. The van der Waals surface area contributed by atoms with Crippen LogP contribution >= 0.6 is 0 Å². The number of phenols is 1. The second-order valence-electron chi connectivity index (χ2n) is 7.94. The van der Waals surface area contributed by atoms with Crippen LogP contribution in [0.3, 0.4) is 0 Å². The van der Waals surface area contributed by atoms with E-state index in [1.54, 1.807) is 0 Å². The molecule has 0 unspecified atom stereocenters. The second kappa shape index (κ2) is 15.1. The summed E-state index contributed by atoms with van der Waals surface area (Å²) >= 11 is 0. The van der Waals surface area contributed by atoms with Crippen molar-refractivity contribution in [3.63, 3.8) is 0 Å². The third-order valence-corrected chi connectivity index (χ3v) is 5.70. The fourth-order valence-corrected chi connectivity index (χ4v) is 3.99. The van der Waals surface area contributed by atoms with Crippen LogP contribution in [-0.2, 0) is 19.3 Å². The first-order chi connectivity index (χ1) is 12.7. The van der Waals surface area contributed by atoms with Crippen LogP contribution in [0.1, 0.15) is 121 Å². The highest BCUT2D eigenvalue weighted by Gasteiger charge is 2.12. The number of phenolic OH excluding ortho intramolecular Hbond substituents is 1. The molecule has 0 heterocycles. The van der Waals surface area contributed by atoms with Gasteiger partial charge in [-0.25, -0.2) is 0 Å². The molecular formula is C25H44O. The summed E-state index contributed by atoms with van der Waals surface area (Å²) in [5.41, 5.74) is 4.15. The van der Waals surface area contributed by atoms with Gasteiger partial charge in [-0.05, 0) is 54.9 Å². The minimum absolute atomic E-state index is 0.532. The zero-order valence-electron chi connectivity index (χ0n) is 17.9.